The third-order valence-corrected chi connectivity index (χ3v) is 11.5. The van der Waals surface area contributed by atoms with E-state index >= 15 is 0 Å². The molecule has 0 aliphatic rings. The Balaban J connectivity index is 0. The summed E-state index contributed by atoms with van der Waals surface area (Å²) in [6, 6.07) is 1.32. The van der Waals surface area contributed by atoms with E-state index in [0.29, 0.717) is 0 Å². The van der Waals surface area contributed by atoms with E-state index in [1.807, 2.05) is 0 Å². The van der Waals surface area contributed by atoms with Crippen LogP contribution in [0.1, 0.15) is 65.7 Å². The molecule has 0 radical (unpaired) electrons. The van der Waals surface area contributed by atoms with Crippen molar-refractivity contribution in [2.75, 3.05) is 24.6 Å². The predicted molar refractivity (Wildman–Crippen MR) is 104 cm³/mol. The van der Waals surface area contributed by atoms with Crippen molar-refractivity contribution in [3.8, 4) is 0 Å². The van der Waals surface area contributed by atoms with Crippen LogP contribution in [-0.2, 0) is 0 Å². The topological polar surface area (TPSA) is 0 Å². The summed E-state index contributed by atoms with van der Waals surface area (Å²) in [5, 5.41) is 0. The Morgan fingerprint density at radius 1 is 0.714 bits per heavy atom. The Bertz CT molecular complexity index is 208. The first-order chi connectivity index (χ1) is 9.39. The molecule has 0 amide bonds. The zero-order valence-electron chi connectivity index (χ0n) is 15.2. The first-order valence-electron chi connectivity index (χ1n) is 8.93. The number of hydrogen-bond donors (Lipinski definition) is 0. The fourth-order valence-corrected chi connectivity index (χ4v) is 9.83. The molecule has 0 unspecified atom stereocenters. The summed E-state index contributed by atoms with van der Waals surface area (Å²) in [5.41, 5.74) is 0. The summed E-state index contributed by atoms with van der Waals surface area (Å²) >= 11 is 6.53. The molecular weight excluding hydrogens is 334 g/mol. The molecule has 0 aromatic heterocycles. The standard InChI is InChI=1S/C17H39ClPSi.ClH/c1-6-9-13-19(14-10-7-2,15-11-8-3)16-12-17-20(4,5)18;/h6-17H2,1-5H3;1H/q+1;/p-1. The van der Waals surface area contributed by atoms with E-state index < -0.39 is 14.6 Å². The Hall–Kier alpha value is 1.23. The molecule has 0 saturated heterocycles. The highest BCUT2D eigenvalue weighted by atomic mass is 35.6. The molecule has 0 aromatic rings. The molecule has 0 rings (SSSR count). The molecule has 0 N–H and O–H groups in total. The monoisotopic (exact) mass is 372 g/mol. The summed E-state index contributed by atoms with van der Waals surface area (Å²) in [5.74, 6) is 0. The smallest absolute Gasteiger partial charge is 0.150 e. The van der Waals surface area contributed by atoms with Gasteiger partial charge in [0, 0.05) is 7.26 Å². The van der Waals surface area contributed by atoms with Crippen molar-refractivity contribution < 1.29 is 12.4 Å². The van der Waals surface area contributed by atoms with Crippen LogP contribution in [0.3, 0.4) is 0 Å². The van der Waals surface area contributed by atoms with Crippen LogP contribution in [0.2, 0.25) is 19.1 Å². The van der Waals surface area contributed by atoms with Gasteiger partial charge in [-0.25, -0.2) is 0 Å². The van der Waals surface area contributed by atoms with Crippen LogP contribution >= 0.6 is 18.3 Å². The van der Waals surface area contributed by atoms with Crippen molar-refractivity contribution in [3.05, 3.63) is 0 Å². The van der Waals surface area contributed by atoms with E-state index in [1.165, 1.54) is 57.2 Å². The van der Waals surface area contributed by atoms with Gasteiger partial charge in [-0.1, -0.05) is 53.1 Å². The fourth-order valence-electron chi connectivity index (χ4n) is 2.99. The Morgan fingerprint density at radius 3 is 1.33 bits per heavy atom. The molecule has 0 atom stereocenters. The van der Waals surface area contributed by atoms with E-state index in [2.05, 4.69) is 33.9 Å². The SMILES string of the molecule is CCCC[P+](CCCC)(CCCC)CCC[Si](C)(C)Cl.[Cl-]. The highest BCUT2D eigenvalue weighted by Gasteiger charge is 2.35. The van der Waals surface area contributed by atoms with Crippen LogP contribution in [0.5, 0.6) is 0 Å². The second-order valence-corrected chi connectivity index (χ2v) is 18.6. The Morgan fingerprint density at radius 2 is 1.05 bits per heavy atom. The highest BCUT2D eigenvalue weighted by Crippen LogP contribution is 2.61. The number of unbranched alkanes of at least 4 members (excludes halogenated alkanes) is 3. The molecule has 0 heterocycles. The molecule has 21 heavy (non-hydrogen) atoms. The molecule has 0 aliphatic carbocycles. The van der Waals surface area contributed by atoms with Gasteiger partial charge < -0.3 is 12.4 Å². The summed E-state index contributed by atoms with van der Waals surface area (Å²) in [4.78, 5) is 0. The minimum atomic E-state index is -1.36. The first-order valence-corrected chi connectivity index (χ1v) is 15.7. The fraction of sp³-hybridized carbons (Fsp3) is 1.00. The maximum atomic E-state index is 6.53. The molecule has 0 aliphatic heterocycles. The predicted octanol–water partition coefficient (Wildman–Crippen LogP) is 4.24. The van der Waals surface area contributed by atoms with Gasteiger partial charge in [-0.15, -0.1) is 0 Å². The van der Waals surface area contributed by atoms with Crippen LogP contribution < -0.4 is 12.4 Å². The zero-order chi connectivity index (χ0) is 15.5. The van der Waals surface area contributed by atoms with Gasteiger partial charge in [-0.2, -0.15) is 11.1 Å². The normalized spacial score (nSPS) is 12.3. The van der Waals surface area contributed by atoms with Crippen LogP contribution in [-0.4, -0.2) is 32.0 Å². The largest absolute Gasteiger partial charge is 1.00 e. The van der Waals surface area contributed by atoms with E-state index in [9.17, 15) is 0 Å². The molecule has 130 valence electrons. The van der Waals surface area contributed by atoms with Gasteiger partial charge in [0.2, 0.25) is 0 Å². The van der Waals surface area contributed by atoms with Crippen LogP contribution in [0.25, 0.3) is 0 Å². The summed E-state index contributed by atoms with van der Waals surface area (Å²) in [7, 11) is -2.03. The number of halogens is 2. The van der Waals surface area contributed by atoms with Gasteiger partial charge in [0.15, 0.2) is 7.38 Å². The maximum Gasteiger partial charge on any atom is 0.150 e. The lowest BCUT2D eigenvalue weighted by atomic mass is 10.4. The average Bonchev–Trinajstić information content (AvgIpc) is 2.38. The lowest BCUT2D eigenvalue weighted by Gasteiger charge is -2.28. The number of hydrogen-bond acceptors (Lipinski definition) is 0. The summed E-state index contributed by atoms with van der Waals surface area (Å²) in [6.07, 6.45) is 16.1. The molecular formula is C17H39Cl2PSi. The third-order valence-electron chi connectivity index (χ3n) is 4.36. The van der Waals surface area contributed by atoms with Crippen molar-refractivity contribution in [3.63, 3.8) is 0 Å². The van der Waals surface area contributed by atoms with Crippen LogP contribution in [0.15, 0.2) is 0 Å². The van der Waals surface area contributed by atoms with Crippen LogP contribution in [0, 0.1) is 0 Å². The highest BCUT2D eigenvalue weighted by molar-refractivity contribution is 7.75. The second kappa shape index (κ2) is 13.6. The van der Waals surface area contributed by atoms with Gasteiger partial charge >= 0.3 is 0 Å². The average molecular weight is 373 g/mol. The van der Waals surface area contributed by atoms with Gasteiger partial charge in [0.25, 0.3) is 0 Å². The molecule has 4 heteroatoms. The number of rotatable bonds is 13. The van der Waals surface area contributed by atoms with Crippen molar-refractivity contribution in [1.29, 1.82) is 0 Å². The van der Waals surface area contributed by atoms with Gasteiger partial charge in [-0.3, -0.25) is 0 Å². The first kappa shape index (κ1) is 24.5. The van der Waals surface area contributed by atoms with E-state index in [1.54, 1.807) is 18.5 Å². The van der Waals surface area contributed by atoms with Gasteiger partial charge in [0.05, 0.1) is 24.6 Å². The van der Waals surface area contributed by atoms with Crippen molar-refractivity contribution in [1.82, 2.24) is 0 Å². The zero-order valence-corrected chi connectivity index (χ0v) is 18.6. The van der Waals surface area contributed by atoms with E-state index in [4.69, 9.17) is 11.1 Å². The van der Waals surface area contributed by atoms with Crippen molar-refractivity contribution in [2.24, 2.45) is 0 Å². The summed E-state index contributed by atoms with van der Waals surface area (Å²) < 4.78 is 0. The van der Waals surface area contributed by atoms with Crippen molar-refractivity contribution >= 4 is 25.7 Å². The molecule has 0 aromatic carbocycles. The molecule has 0 saturated carbocycles. The van der Waals surface area contributed by atoms with Gasteiger partial charge in [-0.05, 0) is 31.7 Å². The molecule has 0 fully saturated rings. The maximum absolute atomic E-state index is 6.53. The van der Waals surface area contributed by atoms with Crippen LogP contribution in [0.4, 0.5) is 0 Å². The molecule has 0 bridgehead atoms. The lowest BCUT2D eigenvalue weighted by molar-refractivity contribution is -0.00000471. The molecule has 0 nitrogen and oxygen atoms in total. The second-order valence-electron chi connectivity index (χ2n) is 7.12. The minimum Gasteiger partial charge on any atom is -1.00 e. The lowest BCUT2D eigenvalue weighted by Crippen LogP contribution is -3.00. The van der Waals surface area contributed by atoms with E-state index in [0.717, 1.165) is 0 Å². The van der Waals surface area contributed by atoms with Crippen molar-refractivity contribution in [2.45, 2.75) is 84.9 Å². The van der Waals surface area contributed by atoms with E-state index in [-0.39, 0.29) is 12.4 Å². The Labute approximate surface area is 147 Å². The summed E-state index contributed by atoms with van der Waals surface area (Å²) in [6.45, 7) is 11.7. The molecule has 0 spiro atoms. The minimum absolute atomic E-state index is 0. The third kappa shape index (κ3) is 13.4. The quantitative estimate of drug-likeness (QED) is 0.257. The Kier molecular flexibility index (Phi) is 15.9. The van der Waals surface area contributed by atoms with Gasteiger partial charge in [0.1, 0.15) is 0 Å².